The van der Waals surface area contributed by atoms with Crippen LogP contribution in [0.4, 0.5) is 17.5 Å². The molecule has 0 aliphatic carbocycles. The molecule has 0 spiro atoms. The third kappa shape index (κ3) is 2.49. The number of rotatable bonds is 2. The molecule has 0 radical (unpaired) electrons. The number of nitrogens with one attached hydrogen (secondary N) is 1. The van der Waals surface area contributed by atoms with Crippen molar-refractivity contribution in [1.29, 1.82) is 0 Å². The predicted octanol–water partition coefficient (Wildman–Crippen LogP) is 0.893. The minimum atomic E-state index is -0.273. The first-order chi connectivity index (χ1) is 8.16. The summed E-state index contributed by atoms with van der Waals surface area (Å²) in [5, 5.41) is 2.61. The van der Waals surface area contributed by atoms with E-state index in [-0.39, 0.29) is 17.7 Å². The Labute approximate surface area is 97.7 Å². The number of hydrogen-bond acceptors (Lipinski definition) is 5. The van der Waals surface area contributed by atoms with Gasteiger partial charge in [0.25, 0.3) is 5.91 Å². The largest absolute Gasteiger partial charge is 0.382 e. The van der Waals surface area contributed by atoms with Crippen LogP contribution >= 0.6 is 0 Å². The van der Waals surface area contributed by atoms with Crippen LogP contribution in [0.25, 0.3) is 0 Å². The van der Waals surface area contributed by atoms with Crippen LogP contribution < -0.4 is 16.8 Å². The zero-order valence-electron chi connectivity index (χ0n) is 8.92. The normalized spacial score (nSPS) is 9.88. The number of anilines is 3. The van der Waals surface area contributed by atoms with Gasteiger partial charge in [0.1, 0.15) is 5.69 Å². The van der Waals surface area contributed by atoms with Crippen molar-refractivity contribution >= 4 is 23.4 Å². The third-order valence-corrected chi connectivity index (χ3v) is 2.12. The molecule has 0 aliphatic heterocycles. The Kier molecular flexibility index (Phi) is 2.87. The van der Waals surface area contributed by atoms with Crippen molar-refractivity contribution in [3.05, 3.63) is 42.1 Å². The molecule has 0 unspecified atom stereocenters. The van der Waals surface area contributed by atoms with E-state index in [9.17, 15) is 4.79 Å². The van der Waals surface area contributed by atoms with Gasteiger partial charge in [-0.2, -0.15) is 4.98 Å². The van der Waals surface area contributed by atoms with E-state index in [1.807, 2.05) is 6.07 Å². The molecule has 0 saturated heterocycles. The highest BCUT2D eigenvalue weighted by molar-refractivity contribution is 6.05. The molecule has 2 aromatic rings. The van der Waals surface area contributed by atoms with Crippen LogP contribution in [0, 0.1) is 0 Å². The molecule has 86 valence electrons. The van der Waals surface area contributed by atoms with Gasteiger partial charge in [-0.25, -0.2) is 4.98 Å². The van der Waals surface area contributed by atoms with Gasteiger partial charge < -0.3 is 16.8 Å². The second-order valence-corrected chi connectivity index (χ2v) is 3.35. The number of nitrogens with two attached hydrogens (primary N) is 2. The molecule has 1 aromatic carbocycles. The van der Waals surface area contributed by atoms with Crippen molar-refractivity contribution in [3.8, 4) is 0 Å². The fourth-order valence-electron chi connectivity index (χ4n) is 1.29. The molecule has 1 heterocycles. The molecule has 1 amide bonds. The lowest BCUT2D eigenvalue weighted by atomic mass is 10.2. The lowest BCUT2D eigenvalue weighted by Crippen LogP contribution is -2.14. The van der Waals surface area contributed by atoms with Crippen molar-refractivity contribution in [3.63, 3.8) is 0 Å². The number of hydrogen-bond donors (Lipinski definition) is 3. The first-order valence-corrected chi connectivity index (χ1v) is 4.91. The second kappa shape index (κ2) is 4.48. The number of nitrogens with zero attached hydrogens (tertiary/aromatic N) is 2. The summed E-state index contributed by atoms with van der Waals surface area (Å²) in [6.07, 6.45) is 1.37. The number of amides is 1. The summed E-state index contributed by atoms with van der Waals surface area (Å²) in [6.45, 7) is 0. The van der Waals surface area contributed by atoms with Crippen LogP contribution in [0.2, 0.25) is 0 Å². The Morgan fingerprint density at radius 1 is 1.18 bits per heavy atom. The first-order valence-electron chi connectivity index (χ1n) is 4.91. The number of benzene rings is 1. The Morgan fingerprint density at radius 3 is 2.53 bits per heavy atom. The Balaban J connectivity index is 2.19. The van der Waals surface area contributed by atoms with Gasteiger partial charge in [0, 0.05) is 5.56 Å². The van der Waals surface area contributed by atoms with Gasteiger partial charge in [-0.1, -0.05) is 18.2 Å². The van der Waals surface area contributed by atoms with E-state index in [4.69, 9.17) is 11.5 Å². The molecular formula is C11H11N5O. The Morgan fingerprint density at radius 2 is 1.88 bits per heavy atom. The van der Waals surface area contributed by atoms with Gasteiger partial charge in [-0.3, -0.25) is 4.79 Å². The van der Waals surface area contributed by atoms with Gasteiger partial charge in [-0.05, 0) is 12.1 Å². The summed E-state index contributed by atoms with van der Waals surface area (Å²) < 4.78 is 0. The molecule has 5 N–H and O–H groups in total. The van der Waals surface area contributed by atoms with Crippen molar-refractivity contribution in [1.82, 2.24) is 9.97 Å². The first kappa shape index (κ1) is 10.9. The average molecular weight is 229 g/mol. The highest BCUT2D eigenvalue weighted by atomic mass is 16.1. The topological polar surface area (TPSA) is 107 Å². The maximum absolute atomic E-state index is 11.8. The Bertz CT molecular complexity index is 541. The fourth-order valence-corrected chi connectivity index (χ4v) is 1.29. The second-order valence-electron chi connectivity index (χ2n) is 3.35. The molecule has 2 rings (SSSR count). The van der Waals surface area contributed by atoms with Crippen molar-refractivity contribution < 1.29 is 4.79 Å². The maximum Gasteiger partial charge on any atom is 0.255 e. The fraction of sp³-hybridized carbons (Fsp3) is 0. The lowest BCUT2D eigenvalue weighted by Gasteiger charge is -2.06. The van der Waals surface area contributed by atoms with Gasteiger partial charge in [-0.15, -0.1) is 0 Å². The zero-order chi connectivity index (χ0) is 12.3. The van der Waals surface area contributed by atoms with Crippen molar-refractivity contribution in [2.75, 3.05) is 16.8 Å². The maximum atomic E-state index is 11.8. The summed E-state index contributed by atoms with van der Waals surface area (Å²) in [5.74, 6) is -0.0623. The standard InChI is InChI=1S/C11H11N5O/c12-9-8(6-14-11(13)16-9)15-10(17)7-4-2-1-3-5-7/h1-6H,(H,15,17)(H4,12,13,14,16). The minimum absolute atomic E-state index is 0.0696. The molecule has 17 heavy (non-hydrogen) atoms. The Hall–Kier alpha value is -2.63. The van der Waals surface area contributed by atoms with Gasteiger partial charge in [0.2, 0.25) is 5.95 Å². The molecule has 6 nitrogen and oxygen atoms in total. The van der Waals surface area contributed by atoms with Gasteiger partial charge in [0.15, 0.2) is 5.82 Å². The predicted molar refractivity (Wildman–Crippen MR) is 65.3 cm³/mol. The summed E-state index contributed by atoms with van der Waals surface area (Å²) in [5.41, 5.74) is 11.8. The molecule has 0 saturated carbocycles. The van der Waals surface area contributed by atoms with Crippen LogP contribution in [0.1, 0.15) is 10.4 Å². The van der Waals surface area contributed by atoms with E-state index in [0.29, 0.717) is 11.3 Å². The summed E-state index contributed by atoms with van der Waals surface area (Å²) in [7, 11) is 0. The van der Waals surface area contributed by atoms with E-state index in [2.05, 4.69) is 15.3 Å². The quantitative estimate of drug-likeness (QED) is 0.709. The van der Waals surface area contributed by atoms with Crippen LogP contribution in [0.3, 0.4) is 0 Å². The molecular weight excluding hydrogens is 218 g/mol. The minimum Gasteiger partial charge on any atom is -0.382 e. The monoisotopic (exact) mass is 229 g/mol. The molecule has 6 heteroatoms. The molecule has 0 atom stereocenters. The van der Waals surface area contributed by atoms with Crippen LogP contribution in [0.15, 0.2) is 36.5 Å². The van der Waals surface area contributed by atoms with Crippen LogP contribution in [0.5, 0.6) is 0 Å². The number of carbonyl (C=O) groups is 1. The third-order valence-electron chi connectivity index (χ3n) is 2.12. The highest BCUT2D eigenvalue weighted by Crippen LogP contribution is 2.15. The smallest absolute Gasteiger partial charge is 0.255 e. The van der Waals surface area contributed by atoms with E-state index < -0.39 is 0 Å². The van der Waals surface area contributed by atoms with Gasteiger partial charge >= 0.3 is 0 Å². The van der Waals surface area contributed by atoms with Crippen molar-refractivity contribution in [2.45, 2.75) is 0 Å². The van der Waals surface area contributed by atoms with E-state index in [0.717, 1.165) is 0 Å². The van der Waals surface area contributed by atoms with E-state index >= 15 is 0 Å². The van der Waals surface area contributed by atoms with E-state index in [1.165, 1.54) is 6.20 Å². The summed E-state index contributed by atoms with van der Waals surface area (Å²) in [6, 6.07) is 8.78. The number of carbonyl (C=O) groups excluding carboxylic acids is 1. The molecule has 0 bridgehead atoms. The lowest BCUT2D eigenvalue weighted by molar-refractivity contribution is 0.102. The molecule has 0 fully saturated rings. The molecule has 0 aliphatic rings. The summed E-state index contributed by atoms with van der Waals surface area (Å²) >= 11 is 0. The van der Waals surface area contributed by atoms with Crippen molar-refractivity contribution in [2.24, 2.45) is 0 Å². The highest BCUT2D eigenvalue weighted by Gasteiger charge is 2.08. The zero-order valence-corrected chi connectivity index (χ0v) is 8.92. The average Bonchev–Trinajstić information content (AvgIpc) is 2.34. The SMILES string of the molecule is Nc1ncc(NC(=O)c2ccccc2)c(N)n1. The van der Waals surface area contributed by atoms with E-state index in [1.54, 1.807) is 24.3 Å². The van der Waals surface area contributed by atoms with Crippen LogP contribution in [-0.4, -0.2) is 15.9 Å². The van der Waals surface area contributed by atoms with Crippen LogP contribution in [-0.2, 0) is 0 Å². The number of aromatic nitrogens is 2. The number of nitrogen functional groups attached to an aromatic ring is 2. The summed E-state index contributed by atoms with van der Waals surface area (Å²) in [4.78, 5) is 19.3. The van der Waals surface area contributed by atoms with Gasteiger partial charge in [0.05, 0.1) is 6.20 Å². The molecule has 1 aromatic heterocycles.